The van der Waals surface area contributed by atoms with E-state index < -0.39 is 33.8 Å². The van der Waals surface area contributed by atoms with Gasteiger partial charge in [-0.1, -0.05) is 0 Å². The molecule has 2 aliphatic rings. The van der Waals surface area contributed by atoms with Gasteiger partial charge in [0, 0.05) is 48.4 Å². The van der Waals surface area contributed by atoms with Gasteiger partial charge in [0.25, 0.3) is 10.0 Å². The van der Waals surface area contributed by atoms with Crippen molar-refractivity contribution in [2.45, 2.75) is 31.3 Å². The van der Waals surface area contributed by atoms with Crippen LogP contribution in [0, 0.1) is 17.6 Å². The third-order valence-corrected chi connectivity index (χ3v) is 6.58. The molecule has 0 bridgehead atoms. The van der Waals surface area contributed by atoms with Crippen LogP contribution in [0.4, 0.5) is 8.78 Å². The monoisotopic (exact) mass is 427 g/mol. The lowest BCUT2D eigenvalue weighted by Crippen LogP contribution is -2.57. The van der Waals surface area contributed by atoms with Crippen LogP contribution in [-0.4, -0.2) is 54.0 Å². The number of rotatable bonds is 4. The lowest BCUT2D eigenvalue weighted by molar-refractivity contribution is -0.0831. The first kappa shape index (κ1) is 20.4. The largest absolute Gasteiger partial charge is 0.370 e. The van der Waals surface area contributed by atoms with Crippen molar-refractivity contribution in [3.05, 3.63) is 52.9 Å². The Hall–Kier alpha value is -1.92. The quantitative estimate of drug-likeness (QED) is 0.722. The molecule has 4 N–H and O–H groups in total. The Kier molecular flexibility index (Phi) is 5.20. The molecule has 11 heteroatoms. The third kappa shape index (κ3) is 3.68. The molecular formula is C18H23F2N5O3S. The highest BCUT2D eigenvalue weighted by atomic mass is 32.2. The number of hydrogen-bond donors (Lipinski definition) is 2. The van der Waals surface area contributed by atoms with Crippen LogP contribution in [0.25, 0.3) is 0 Å². The summed E-state index contributed by atoms with van der Waals surface area (Å²) in [7, 11) is -3.44. The SMILES string of the molecule is CS(=O)(=O)n1cc2c(n1)CN([C@H]1CO[C@H](c3cc(F)ccc3F)[C@@H](N)C1CN)C2. The van der Waals surface area contributed by atoms with Gasteiger partial charge in [-0.05, 0) is 24.7 Å². The zero-order chi connectivity index (χ0) is 20.9. The molecule has 2 aliphatic heterocycles. The van der Waals surface area contributed by atoms with Gasteiger partial charge >= 0.3 is 0 Å². The summed E-state index contributed by atoms with van der Waals surface area (Å²) in [6.07, 6.45) is 1.81. The molecule has 2 aromatic rings. The van der Waals surface area contributed by atoms with Gasteiger partial charge < -0.3 is 16.2 Å². The van der Waals surface area contributed by atoms with Crippen molar-refractivity contribution in [2.24, 2.45) is 17.4 Å². The predicted octanol–water partition coefficient (Wildman–Crippen LogP) is 0.327. The fraction of sp³-hybridized carbons (Fsp3) is 0.500. The van der Waals surface area contributed by atoms with Crippen LogP contribution in [0.1, 0.15) is 22.9 Å². The Morgan fingerprint density at radius 2 is 2.07 bits per heavy atom. The number of nitrogens with two attached hydrogens (primary N) is 2. The summed E-state index contributed by atoms with van der Waals surface area (Å²) in [5.41, 5.74) is 14.0. The number of halogens is 2. The lowest BCUT2D eigenvalue weighted by Gasteiger charge is -2.44. The molecule has 1 fully saturated rings. The molecule has 1 aromatic heterocycles. The van der Waals surface area contributed by atoms with Crippen LogP contribution >= 0.6 is 0 Å². The molecule has 4 rings (SSSR count). The van der Waals surface area contributed by atoms with Gasteiger partial charge in [-0.15, -0.1) is 0 Å². The molecule has 1 aromatic carbocycles. The second kappa shape index (κ2) is 7.40. The highest BCUT2D eigenvalue weighted by Gasteiger charge is 2.43. The Morgan fingerprint density at radius 3 is 2.72 bits per heavy atom. The van der Waals surface area contributed by atoms with E-state index in [-0.39, 0.29) is 30.7 Å². The molecule has 1 saturated heterocycles. The van der Waals surface area contributed by atoms with Crippen molar-refractivity contribution < 1.29 is 21.9 Å². The van der Waals surface area contributed by atoms with Crippen LogP contribution in [0.2, 0.25) is 0 Å². The van der Waals surface area contributed by atoms with E-state index in [1.54, 1.807) is 0 Å². The zero-order valence-corrected chi connectivity index (χ0v) is 16.6. The van der Waals surface area contributed by atoms with Crippen LogP contribution in [0.15, 0.2) is 24.4 Å². The van der Waals surface area contributed by atoms with Gasteiger partial charge in [-0.2, -0.15) is 9.19 Å². The minimum Gasteiger partial charge on any atom is -0.370 e. The van der Waals surface area contributed by atoms with Crippen molar-refractivity contribution in [2.75, 3.05) is 19.4 Å². The maximum absolute atomic E-state index is 14.2. The highest BCUT2D eigenvalue weighted by Crippen LogP contribution is 2.36. The number of hydrogen-bond acceptors (Lipinski definition) is 7. The molecule has 0 aliphatic carbocycles. The molecule has 158 valence electrons. The number of ether oxygens (including phenoxy) is 1. The molecule has 1 unspecified atom stereocenters. The van der Waals surface area contributed by atoms with E-state index in [2.05, 4.69) is 10.00 Å². The number of benzene rings is 1. The molecule has 4 atom stereocenters. The van der Waals surface area contributed by atoms with Gasteiger partial charge in [-0.25, -0.2) is 17.2 Å². The Labute approximate surface area is 167 Å². The summed E-state index contributed by atoms with van der Waals surface area (Å²) < 4.78 is 58.0. The van der Waals surface area contributed by atoms with Crippen molar-refractivity contribution in [3.63, 3.8) is 0 Å². The second-order valence-electron chi connectivity index (χ2n) is 7.61. The molecule has 29 heavy (non-hydrogen) atoms. The van der Waals surface area contributed by atoms with E-state index in [4.69, 9.17) is 16.2 Å². The zero-order valence-electron chi connectivity index (χ0n) is 15.8. The Bertz CT molecular complexity index is 1000. The van der Waals surface area contributed by atoms with Crippen molar-refractivity contribution in [3.8, 4) is 0 Å². The summed E-state index contributed by atoms with van der Waals surface area (Å²) in [5.74, 6) is -1.35. The fourth-order valence-corrected chi connectivity index (χ4v) is 4.76. The van der Waals surface area contributed by atoms with Crippen LogP contribution < -0.4 is 11.5 Å². The molecule has 0 saturated carbocycles. The first-order valence-electron chi connectivity index (χ1n) is 9.23. The highest BCUT2D eigenvalue weighted by molar-refractivity contribution is 7.89. The summed E-state index contributed by atoms with van der Waals surface area (Å²) in [5, 5.41) is 4.15. The Balaban J connectivity index is 1.53. The molecular weight excluding hydrogens is 404 g/mol. The summed E-state index contributed by atoms with van der Waals surface area (Å²) in [6.45, 7) is 1.42. The van der Waals surface area contributed by atoms with Gasteiger partial charge in [0.1, 0.15) is 17.7 Å². The second-order valence-corrected chi connectivity index (χ2v) is 9.45. The first-order valence-corrected chi connectivity index (χ1v) is 11.1. The smallest absolute Gasteiger partial charge is 0.250 e. The molecule has 8 nitrogen and oxygen atoms in total. The molecule has 3 heterocycles. The van der Waals surface area contributed by atoms with Crippen LogP contribution in [0.5, 0.6) is 0 Å². The first-order chi connectivity index (χ1) is 13.7. The van der Waals surface area contributed by atoms with E-state index in [9.17, 15) is 17.2 Å². The maximum Gasteiger partial charge on any atom is 0.250 e. The molecule has 0 spiro atoms. The van der Waals surface area contributed by atoms with E-state index in [0.29, 0.717) is 18.8 Å². The van der Waals surface area contributed by atoms with E-state index in [1.807, 2.05) is 0 Å². The fourth-order valence-electron chi connectivity index (χ4n) is 4.19. The maximum atomic E-state index is 14.2. The van der Waals surface area contributed by atoms with Crippen LogP contribution in [-0.2, 0) is 27.8 Å². The van der Waals surface area contributed by atoms with Gasteiger partial charge in [0.15, 0.2) is 0 Å². The van der Waals surface area contributed by atoms with Gasteiger partial charge in [0.05, 0.1) is 18.6 Å². The van der Waals surface area contributed by atoms with E-state index in [0.717, 1.165) is 34.1 Å². The summed E-state index contributed by atoms with van der Waals surface area (Å²) in [6, 6.07) is 2.44. The third-order valence-electron chi connectivity index (χ3n) is 5.71. The van der Waals surface area contributed by atoms with Gasteiger partial charge in [0.2, 0.25) is 0 Å². The average molecular weight is 427 g/mol. The Morgan fingerprint density at radius 1 is 1.31 bits per heavy atom. The predicted molar refractivity (Wildman–Crippen MR) is 101 cm³/mol. The number of aromatic nitrogens is 2. The molecule has 0 amide bonds. The standard InChI is InChI=1S/C18H23F2N5O3S/c1-29(26,27)25-7-10-6-24(8-15(10)23-25)16-9-28-18(17(22)13(16)5-21)12-4-11(19)2-3-14(12)20/h2-4,7,13,16-18H,5-6,8-9,21-22H2,1H3/t13?,16-,17-,18+/m0/s1. The van der Waals surface area contributed by atoms with Crippen molar-refractivity contribution in [1.29, 1.82) is 0 Å². The number of fused-ring (bicyclic) bond motifs is 1. The summed E-state index contributed by atoms with van der Waals surface area (Å²) in [4.78, 5) is 2.08. The van der Waals surface area contributed by atoms with Gasteiger partial charge in [-0.3, -0.25) is 4.90 Å². The van der Waals surface area contributed by atoms with Crippen molar-refractivity contribution in [1.82, 2.24) is 14.1 Å². The minimum atomic E-state index is -3.44. The normalized spacial score (nSPS) is 27.9. The number of nitrogens with zero attached hydrogens (tertiary/aromatic N) is 3. The topological polar surface area (TPSA) is 116 Å². The van der Waals surface area contributed by atoms with E-state index in [1.165, 1.54) is 6.20 Å². The van der Waals surface area contributed by atoms with Crippen molar-refractivity contribution >= 4 is 10.0 Å². The molecule has 0 radical (unpaired) electrons. The summed E-state index contributed by atoms with van der Waals surface area (Å²) >= 11 is 0. The average Bonchev–Trinajstić information content (AvgIpc) is 3.22. The van der Waals surface area contributed by atoms with E-state index >= 15 is 0 Å². The lowest BCUT2D eigenvalue weighted by atomic mass is 9.83. The minimum absolute atomic E-state index is 0.0866. The van der Waals surface area contributed by atoms with Crippen LogP contribution in [0.3, 0.4) is 0 Å².